The molecule has 0 bridgehead atoms. The maximum Gasteiger partial charge on any atom is 0.416 e. The Morgan fingerprint density at radius 3 is 2.40 bits per heavy atom. The average molecular weight is 482 g/mol. The minimum Gasteiger partial charge on any atom is -0.497 e. The van der Waals surface area contributed by atoms with E-state index in [1.165, 1.54) is 12.0 Å². The van der Waals surface area contributed by atoms with Gasteiger partial charge in [0.2, 0.25) is 5.91 Å². The molecule has 0 saturated heterocycles. The molecule has 2 amide bonds. The number of nitrogens with one attached hydrogen (secondary N) is 1. The van der Waals surface area contributed by atoms with Gasteiger partial charge in [-0.15, -0.1) is 0 Å². The molecule has 6 nitrogen and oxygen atoms in total. The largest absolute Gasteiger partial charge is 0.497 e. The molecule has 35 heavy (non-hydrogen) atoms. The molecule has 0 spiro atoms. The van der Waals surface area contributed by atoms with Gasteiger partial charge in [0.25, 0.3) is 5.91 Å². The van der Waals surface area contributed by atoms with Crippen molar-refractivity contribution in [1.82, 2.24) is 4.90 Å². The van der Waals surface area contributed by atoms with Gasteiger partial charge in [0.05, 0.1) is 18.4 Å². The molecule has 1 aliphatic rings. The van der Waals surface area contributed by atoms with Crippen molar-refractivity contribution in [2.24, 2.45) is 0 Å². The number of ether oxygens (including phenoxy) is 2. The first-order valence-corrected chi connectivity index (χ1v) is 10.6. The number of alkyl halides is 3. The Morgan fingerprint density at radius 1 is 1.00 bits per heavy atom. The molecule has 1 heterocycles. The number of fused-ring (bicyclic) bond motifs is 1. The molecule has 3 aromatic carbocycles. The second-order valence-corrected chi connectivity index (χ2v) is 7.74. The molecular formula is C26H21F3N2O4. The molecule has 0 saturated carbocycles. The molecular weight excluding hydrogens is 461 g/mol. The number of carbonyl (C=O) groups is 2. The third-order valence-electron chi connectivity index (χ3n) is 5.45. The van der Waals surface area contributed by atoms with E-state index in [0.717, 1.165) is 18.2 Å². The number of anilines is 1. The molecule has 0 fully saturated rings. The number of halogens is 3. The van der Waals surface area contributed by atoms with Crippen LogP contribution in [-0.4, -0.2) is 30.4 Å². The van der Waals surface area contributed by atoms with Crippen LogP contribution >= 0.6 is 0 Å². The number of hydrogen-bond acceptors (Lipinski definition) is 4. The molecule has 9 heteroatoms. The van der Waals surface area contributed by atoms with Crippen LogP contribution in [0.5, 0.6) is 17.2 Å². The van der Waals surface area contributed by atoms with Gasteiger partial charge in [0.1, 0.15) is 11.5 Å². The van der Waals surface area contributed by atoms with Crippen molar-refractivity contribution in [2.75, 3.05) is 19.0 Å². The fourth-order valence-electron chi connectivity index (χ4n) is 3.68. The van der Waals surface area contributed by atoms with Crippen LogP contribution in [-0.2, 0) is 11.0 Å². The summed E-state index contributed by atoms with van der Waals surface area (Å²) in [7, 11) is 1.47. The van der Waals surface area contributed by atoms with Gasteiger partial charge in [-0.05, 0) is 36.4 Å². The number of nitrogens with zero attached hydrogens (tertiary/aromatic N) is 1. The summed E-state index contributed by atoms with van der Waals surface area (Å²) >= 11 is 0. The molecule has 0 radical (unpaired) electrons. The van der Waals surface area contributed by atoms with Crippen molar-refractivity contribution in [3.8, 4) is 17.2 Å². The first-order chi connectivity index (χ1) is 16.7. The van der Waals surface area contributed by atoms with Gasteiger partial charge in [-0.1, -0.05) is 30.8 Å². The van der Waals surface area contributed by atoms with E-state index in [4.69, 9.17) is 9.47 Å². The van der Waals surface area contributed by atoms with Gasteiger partial charge in [-0.3, -0.25) is 9.59 Å². The lowest BCUT2D eigenvalue weighted by molar-refractivity contribution is -0.137. The zero-order valence-electron chi connectivity index (χ0n) is 18.7. The summed E-state index contributed by atoms with van der Waals surface area (Å²) in [6.07, 6.45) is -4.77. The van der Waals surface area contributed by atoms with Crippen LogP contribution in [0.2, 0.25) is 0 Å². The summed E-state index contributed by atoms with van der Waals surface area (Å²) in [6.45, 7) is 3.94. The van der Waals surface area contributed by atoms with Crippen molar-refractivity contribution in [2.45, 2.75) is 12.6 Å². The zero-order valence-corrected chi connectivity index (χ0v) is 18.7. The van der Waals surface area contributed by atoms with Crippen LogP contribution in [0.3, 0.4) is 0 Å². The molecule has 0 aliphatic carbocycles. The Kier molecular flexibility index (Phi) is 6.50. The summed E-state index contributed by atoms with van der Waals surface area (Å²) in [4.78, 5) is 26.7. The smallest absolute Gasteiger partial charge is 0.416 e. The Balaban J connectivity index is 1.51. The fourth-order valence-corrected chi connectivity index (χ4v) is 3.68. The number of methoxy groups -OCH3 is 1. The van der Waals surface area contributed by atoms with E-state index in [9.17, 15) is 22.8 Å². The quantitative estimate of drug-likeness (QED) is 0.451. The lowest BCUT2D eigenvalue weighted by atomic mass is 10.1. The van der Waals surface area contributed by atoms with E-state index >= 15 is 0 Å². The number of rotatable bonds is 7. The minimum absolute atomic E-state index is 0.0171. The standard InChI is InChI=1S/C26H21F3N2O4/c1-16-20-8-3-4-9-21(20)25(33)31(16)13-12-24(32)30-22-14-17(26(27,28)29)10-11-23(22)35-19-7-5-6-18(15-19)34-2/h3-11,14-15H,1,12-13H2,2H3,(H,30,32). The van der Waals surface area contributed by atoms with Crippen LogP contribution in [0, 0.1) is 0 Å². The summed E-state index contributed by atoms with van der Waals surface area (Å²) in [6, 6.07) is 16.3. The molecule has 1 N–H and O–H groups in total. The van der Waals surface area contributed by atoms with Crippen LogP contribution in [0.4, 0.5) is 18.9 Å². The van der Waals surface area contributed by atoms with Gasteiger partial charge in [-0.25, -0.2) is 0 Å². The van der Waals surface area contributed by atoms with Gasteiger partial charge >= 0.3 is 6.18 Å². The van der Waals surface area contributed by atoms with Crippen LogP contribution in [0.15, 0.2) is 73.3 Å². The summed E-state index contributed by atoms with van der Waals surface area (Å²) in [5, 5.41) is 2.48. The lowest BCUT2D eigenvalue weighted by Gasteiger charge is -2.18. The van der Waals surface area contributed by atoms with Crippen molar-refractivity contribution in [3.63, 3.8) is 0 Å². The molecule has 4 rings (SSSR count). The van der Waals surface area contributed by atoms with E-state index in [-0.39, 0.29) is 30.3 Å². The molecule has 180 valence electrons. The fraction of sp³-hybridized carbons (Fsp3) is 0.154. The highest BCUT2D eigenvalue weighted by Crippen LogP contribution is 2.37. The zero-order chi connectivity index (χ0) is 25.2. The molecule has 0 atom stereocenters. The third kappa shape index (κ3) is 5.13. The maximum absolute atomic E-state index is 13.3. The van der Waals surface area contributed by atoms with Gasteiger partial charge in [0, 0.05) is 35.9 Å². The Hall–Kier alpha value is -4.27. The summed E-state index contributed by atoms with van der Waals surface area (Å²) in [5.41, 5.74) is 0.556. The van der Waals surface area contributed by atoms with E-state index in [1.807, 2.05) is 0 Å². The molecule has 0 aromatic heterocycles. The van der Waals surface area contributed by atoms with Crippen molar-refractivity contribution in [3.05, 3.63) is 90.0 Å². The number of benzene rings is 3. The second kappa shape index (κ2) is 9.54. The van der Waals surface area contributed by atoms with Gasteiger partial charge < -0.3 is 19.7 Å². The SMILES string of the molecule is C=C1c2ccccc2C(=O)N1CCC(=O)Nc1cc(C(F)(F)F)ccc1Oc1cccc(OC)c1. The second-order valence-electron chi connectivity index (χ2n) is 7.74. The van der Waals surface area contributed by atoms with Crippen LogP contribution in [0.25, 0.3) is 5.70 Å². The minimum atomic E-state index is -4.61. The van der Waals surface area contributed by atoms with E-state index < -0.39 is 17.6 Å². The van der Waals surface area contributed by atoms with Crippen molar-refractivity contribution >= 4 is 23.2 Å². The molecule has 0 unspecified atom stereocenters. The van der Waals surface area contributed by atoms with Crippen molar-refractivity contribution < 1.29 is 32.2 Å². The Bertz CT molecular complexity index is 1270. The maximum atomic E-state index is 13.3. The first kappa shape index (κ1) is 23.9. The van der Waals surface area contributed by atoms with Crippen molar-refractivity contribution in [1.29, 1.82) is 0 Å². The average Bonchev–Trinajstić information content (AvgIpc) is 3.08. The van der Waals surface area contributed by atoms with E-state index in [1.54, 1.807) is 48.5 Å². The van der Waals surface area contributed by atoms with Gasteiger partial charge in [0.15, 0.2) is 5.75 Å². The topological polar surface area (TPSA) is 67.9 Å². The highest BCUT2D eigenvalue weighted by Gasteiger charge is 2.32. The Morgan fingerprint density at radius 2 is 1.71 bits per heavy atom. The Labute approximate surface area is 199 Å². The van der Waals surface area contributed by atoms with Crippen LogP contribution < -0.4 is 14.8 Å². The predicted molar refractivity (Wildman–Crippen MR) is 124 cm³/mol. The van der Waals surface area contributed by atoms with E-state index in [0.29, 0.717) is 28.3 Å². The lowest BCUT2D eigenvalue weighted by Crippen LogP contribution is -2.27. The number of amides is 2. The van der Waals surface area contributed by atoms with Crippen LogP contribution in [0.1, 0.15) is 27.9 Å². The monoisotopic (exact) mass is 482 g/mol. The summed E-state index contributed by atoms with van der Waals surface area (Å²) in [5.74, 6) is -0.0302. The molecule has 3 aromatic rings. The summed E-state index contributed by atoms with van der Waals surface area (Å²) < 4.78 is 50.8. The highest BCUT2D eigenvalue weighted by atomic mass is 19.4. The number of carbonyl (C=O) groups excluding carboxylic acids is 2. The molecule has 1 aliphatic heterocycles. The van der Waals surface area contributed by atoms with E-state index in [2.05, 4.69) is 11.9 Å². The third-order valence-corrected chi connectivity index (χ3v) is 5.45. The normalized spacial score (nSPS) is 13.0. The predicted octanol–water partition coefficient (Wildman–Crippen LogP) is 5.96. The highest BCUT2D eigenvalue weighted by molar-refractivity contribution is 6.09. The van der Waals surface area contributed by atoms with Gasteiger partial charge in [-0.2, -0.15) is 13.2 Å². The first-order valence-electron chi connectivity index (χ1n) is 10.6. The number of hydrogen-bond donors (Lipinski definition) is 1.